The fourth-order valence-electron chi connectivity index (χ4n) is 2.87. The van der Waals surface area contributed by atoms with Crippen LogP contribution in [0, 0.1) is 17.7 Å². The zero-order chi connectivity index (χ0) is 10.3. The van der Waals surface area contributed by atoms with E-state index in [9.17, 15) is 4.39 Å². The van der Waals surface area contributed by atoms with Gasteiger partial charge in [0.15, 0.2) is 5.82 Å². The smallest absolute Gasteiger partial charge is 0.225 e. The number of fused-ring (bicyclic) bond motifs is 1. The van der Waals surface area contributed by atoms with E-state index < -0.39 is 0 Å². The number of anilines is 1. The number of hydrogen-bond acceptors (Lipinski definition) is 3. The number of aromatic nitrogens is 2. The zero-order valence-corrected chi connectivity index (χ0v) is 8.56. The molecule has 2 heterocycles. The van der Waals surface area contributed by atoms with E-state index in [-0.39, 0.29) is 5.82 Å². The molecule has 3 nitrogen and oxygen atoms in total. The van der Waals surface area contributed by atoms with Gasteiger partial charge in [-0.15, -0.1) is 0 Å². The summed E-state index contributed by atoms with van der Waals surface area (Å²) in [6.07, 6.45) is 6.53. The topological polar surface area (TPSA) is 29.0 Å². The van der Waals surface area contributed by atoms with Crippen LogP contribution in [0.25, 0.3) is 0 Å². The Morgan fingerprint density at radius 1 is 1.13 bits per heavy atom. The van der Waals surface area contributed by atoms with Gasteiger partial charge in [-0.2, -0.15) is 0 Å². The van der Waals surface area contributed by atoms with Gasteiger partial charge in [0.1, 0.15) is 0 Å². The van der Waals surface area contributed by atoms with Crippen LogP contribution in [0.4, 0.5) is 10.3 Å². The number of hydrogen-bond donors (Lipinski definition) is 0. The molecule has 1 aliphatic heterocycles. The van der Waals surface area contributed by atoms with Crippen molar-refractivity contribution in [3.63, 3.8) is 0 Å². The number of nitrogens with zero attached hydrogens (tertiary/aromatic N) is 3. The molecule has 3 rings (SSSR count). The van der Waals surface area contributed by atoms with Gasteiger partial charge >= 0.3 is 0 Å². The summed E-state index contributed by atoms with van der Waals surface area (Å²) in [6, 6.07) is 0. The Balaban J connectivity index is 1.76. The SMILES string of the molecule is Fc1cnc(N2C[C@H]3CCC[C@@H]3C2)nc1. The third-order valence-electron chi connectivity index (χ3n) is 3.62. The quantitative estimate of drug-likeness (QED) is 0.703. The largest absolute Gasteiger partial charge is 0.340 e. The molecule has 2 fully saturated rings. The maximum absolute atomic E-state index is 12.7. The minimum absolute atomic E-state index is 0.363. The molecule has 0 aromatic carbocycles. The predicted octanol–water partition coefficient (Wildman–Crippen LogP) is 1.85. The summed E-state index contributed by atoms with van der Waals surface area (Å²) in [6.45, 7) is 2.10. The highest BCUT2D eigenvalue weighted by Crippen LogP contribution is 2.38. The lowest BCUT2D eigenvalue weighted by Gasteiger charge is -2.16. The van der Waals surface area contributed by atoms with Crippen molar-refractivity contribution in [2.75, 3.05) is 18.0 Å². The Morgan fingerprint density at radius 3 is 2.33 bits per heavy atom. The second kappa shape index (κ2) is 3.43. The van der Waals surface area contributed by atoms with Crippen LogP contribution in [0.1, 0.15) is 19.3 Å². The summed E-state index contributed by atoms with van der Waals surface area (Å²) < 4.78 is 12.7. The standard InChI is InChI=1S/C11H14FN3/c12-10-4-13-11(14-5-10)15-6-8-2-1-3-9(8)7-15/h4-5,8-9H,1-3,6-7H2/t8-,9-/m1/s1. The molecular weight excluding hydrogens is 193 g/mol. The number of halogens is 1. The van der Waals surface area contributed by atoms with Crippen molar-refractivity contribution in [3.05, 3.63) is 18.2 Å². The molecule has 1 aromatic rings. The normalized spacial score (nSPS) is 29.5. The fourth-order valence-corrected chi connectivity index (χ4v) is 2.87. The van der Waals surface area contributed by atoms with Gasteiger partial charge in [0.25, 0.3) is 0 Å². The van der Waals surface area contributed by atoms with Crippen LogP contribution in [0.5, 0.6) is 0 Å². The van der Waals surface area contributed by atoms with Gasteiger partial charge in [0.2, 0.25) is 5.95 Å². The molecule has 1 aromatic heterocycles. The summed E-state index contributed by atoms with van der Waals surface area (Å²) in [4.78, 5) is 10.2. The summed E-state index contributed by atoms with van der Waals surface area (Å²) >= 11 is 0. The Hall–Kier alpha value is -1.19. The fraction of sp³-hybridized carbons (Fsp3) is 0.636. The molecule has 0 unspecified atom stereocenters. The first-order chi connectivity index (χ1) is 7.33. The van der Waals surface area contributed by atoms with Crippen LogP contribution in [0.15, 0.2) is 12.4 Å². The molecule has 2 aliphatic rings. The maximum atomic E-state index is 12.7. The van der Waals surface area contributed by atoms with Crippen molar-refractivity contribution >= 4 is 5.95 Å². The highest BCUT2D eigenvalue weighted by Gasteiger charge is 2.36. The summed E-state index contributed by atoms with van der Waals surface area (Å²) in [7, 11) is 0. The molecule has 15 heavy (non-hydrogen) atoms. The molecule has 0 bridgehead atoms. The van der Waals surface area contributed by atoms with E-state index in [4.69, 9.17) is 0 Å². The van der Waals surface area contributed by atoms with Crippen molar-refractivity contribution in [1.29, 1.82) is 0 Å². The average Bonchev–Trinajstić information content (AvgIpc) is 2.78. The zero-order valence-electron chi connectivity index (χ0n) is 8.56. The Morgan fingerprint density at radius 2 is 1.73 bits per heavy atom. The molecule has 0 radical (unpaired) electrons. The van der Waals surface area contributed by atoms with Crippen LogP contribution in [-0.2, 0) is 0 Å². The predicted molar refractivity (Wildman–Crippen MR) is 55.0 cm³/mol. The van der Waals surface area contributed by atoms with Crippen LogP contribution in [-0.4, -0.2) is 23.1 Å². The molecule has 0 spiro atoms. The highest BCUT2D eigenvalue weighted by atomic mass is 19.1. The lowest BCUT2D eigenvalue weighted by Crippen LogP contribution is -2.22. The molecule has 0 N–H and O–H groups in total. The Labute approximate surface area is 88.3 Å². The highest BCUT2D eigenvalue weighted by molar-refractivity contribution is 5.31. The minimum atomic E-state index is -0.363. The van der Waals surface area contributed by atoms with Crippen molar-refractivity contribution < 1.29 is 4.39 Å². The van der Waals surface area contributed by atoms with Gasteiger partial charge in [-0.25, -0.2) is 14.4 Å². The molecule has 1 saturated heterocycles. The summed E-state index contributed by atoms with van der Waals surface area (Å²) in [5.74, 6) is 1.96. The van der Waals surface area contributed by atoms with Crippen LogP contribution < -0.4 is 4.90 Å². The first-order valence-corrected chi connectivity index (χ1v) is 5.55. The monoisotopic (exact) mass is 207 g/mol. The maximum Gasteiger partial charge on any atom is 0.225 e. The third-order valence-corrected chi connectivity index (χ3v) is 3.62. The van der Waals surface area contributed by atoms with Crippen molar-refractivity contribution in [2.45, 2.75) is 19.3 Å². The van der Waals surface area contributed by atoms with E-state index >= 15 is 0 Å². The molecule has 4 heteroatoms. The van der Waals surface area contributed by atoms with Crippen LogP contribution in [0.3, 0.4) is 0 Å². The molecule has 2 atom stereocenters. The Bertz CT molecular complexity index is 339. The van der Waals surface area contributed by atoms with Gasteiger partial charge in [0, 0.05) is 13.1 Å². The molecule has 0 amide bonds. The third kappa shape index (κ3) is 1.58. The van der Waals surface area contributed by atoms with Gasteiger partial charge in [0.05, 0.1) is 12.4 Å². The first-order valence-electron chi connectivity index (χ1n) is 5.55. The van der Waals surface area contributed by atoms with E-state index in [0.717, 1.165) is 24.9 Å². The molecule has 1 saturated carbocycles. The van der Waals surface area contributed by atoms with E-state index in [1.807, 2.05) is 0 Å². The average molecular weight is 207 g/mol. The lowest BCUT2D eigenvalue weighted by molar-refractivity contribution is 0.494. The van der Waals surface area contributed by atoms with Gasteiger partial charge in [-0.1, -0.05) is 6.42 Å². The van der Waals surface area contributed by atoms with Gasteiger partial charge in [-0.05, 0) is 24.7 Å². The molecule has 80 valence electrons. The van der Waals surface area contributed by atoms with Gasteiger partial charge < -0.3 is 4.90 Å². The van der Waals surface area contributed by atoms with Crippen molar-refractivity contribution in [2.24, 2.45) is 11.8 Å². The van der Waals surface area contributed by atoms with Crippen LogP contribution >= 0.6 is 0 Å². The lowest BCUT2D eigenvalue weighted by atomic mass is 10.0. The number of rotatable bonds is 1. The molecule has 1 aliphatic carbocycles. The second-order valence-corrected chi connectivity index (χ2v) is 4.56. The first kappa shape index (κ1) is 9.07. The van der Waals surface area contributed by atoms with E-state index in [1.54, 1.807) is 0 Å². The van der Waals surface area contributed by atoms with E-state index in [1.165, 1.54) is 31.7 Å². The van der Waals surface area contributed by atoms with Crippen molar-refractivity contribution in [1.82, 2.24) is 9.97 Å². The Kier molecular flexibility index (Phi) is 2.08. The summed E-state index contributed by atoms with van der Waals surface area (Å²) in [5.41, 5.74) is 0. The second-order valence-electron chi connectivity index (χ2n) is 4.56. The van der Waals surface area contributed by atoms with Crippen molar-refractivity contribution in [3.8, 4) is 0 Å². The minimum Gasteiger partial charge on any atom is -0.340 e. The molecular formula is C11H14FN3. The van der Waals surface area contributed by atoms with Gasteiger partial charge in [-0.3, -0.25) is 0 Å². The van der Waals surface area contributed by atoms with E-state index in [2.05, 4.69) is 14.9 Å². The summed E-state index contributed by atoms with van der Waals surface area (Å²) in [5, 5.41) is 0. The van der Waals surface area contributed by atoms with Crippen LogP contribution in [0.2, 0.25) is 0 Å². The van der Waals surface area contributed by atoms with E-state index in [0.29, 0.717) is 5.95 Å².